The summed E-state index contributed by atoms with van der Waals surface area (Å²) < 4.78 is 0. The summed E-state index contributed by atoms with van der Waals surface area (Å²) in [5, 5.41) is 22.7. The Bertz CT molecular complexity index is 831. The molecule has 1 aliphatic carbocycles. The molecule has 1 atom stereocenters. The maximum atomic E-state index is 12.7. The van der Waals surface area contributed by atoms with Gasteiger partial charge in [-0.1, -0.05) is 54.6 Å². The van der Waals surface area contributed by atoms with Gasteiger partial charge in [0.05, 0.1) is 9.85 Å². The summed E-state index contributed by atoms with van der Waals surface area (Å²) >= 11 is 0. The third-order valence-electron chi connectivity index (χ3n) is 4.32. The molecule has 0 aliphatic heterocycles. The van der Waals surface area contributed by atoms with E-state index >= 15 is 0 Å². The number of nitrogens with zero attached hydrogens (tertiary/aromatic N) is 2. The van der Waals surface area contributed by atoms with Crippen molar-refractivity contribution >= 4 is 11.6 Å². The zero-order valence-electron chi connectivity index (χ0n) is 12.8. The van der Waals surface area contributed by atoms with Crippen molar-refractivity contribution in [3.63, 3.8) is 0 Å². The van der Waals surface area contributed by atoms with Crippen LogP contribution in [0.5, 0.6) is 0 Å². The van der Waals surface area contributed by atoms with Gasteiger partial charge in [0.1, 0.15) is 11.8 Å². The van der Waals surface area contributed by atoms with Crippen LogP contribution in [0.1, 0.15) is 32.2 Å². The first-order valence-electron chi connectivity index (χ1n) is 7.43. The lowest BCUT2D eigenvalue weighted by atomic mass is 9.80. The van der Waals surface area contributed by atoms with Gasteiger partial charge in [-0.05, 0) is 5.56 Å². The summed E-state index contributed by atoms with van der Waals surface area (Å²) in [7, 11) is 0. The van der Waals surface area contributed by atoms with Crippen molar-refractivity contribution in [1.29, 1.82) is 0 Å². The van der Waals surface area contributed by atoms with E-state index in [1.54, 1.807) is 30.3 Å². The standard InChI is InChI=1S/C17H12N2O6/c20-15-11-8-4-5-9-12(11)16(21)14(15)13(10-6-2-1-3-7-10)17(18(22)23)19(24)25/h1-9,13-14,17H. The van der Waals surface area contributed by atoms with Crippen LogP contribution >= 0.6 is 0 Å². The number of Topliss-reactive ketones (excluding diaryl/α,β-unsaturated/α-hetero) is 2. The van der Waals surface area contributed by atoms with Gasteiger partial charge in [-0.3, -0.25) is 29.8 Å². The maximum absolute atomic E-state index is 12.7. The third-order valence-corrected chi connectivity index (χ3v) is 4.32. The van der Waals surface area contributed by atoms with Crippen molar-refractivity contribution in [2.75, 3.05) is 0 Å². The van der Waals surface area contributed by atoms with Crippen molar-refractivity contribution in [2.24, 2.45) is 5.92 Å². The Kier molecular flexibility index (Phi) is 4.10. The maximum Gasteiger partial charge on any atom is 0.458 e. The molecular formula is C17H12N2O6. The van der Waals surface area contributed by atoms with Gasteiger partial charge in [-0.2, -0.15) is 0 Å². The van der Waals surface area contributed by atoms with Gasteiger partial charge >= 0.3 is 6.17 Å². The summed E-state index contributed by atoms with van der Waals surface area (Å²) in [6.45, 7) is 0. The summed E-state index contributed by atoms with van der Waals surface area (Å²) in [5.74, 6) is -4.22. The number of rotatable bonds is 5. The predicted molar refractivity (Wildman–Crippen MR) is 85.6 cm³/mol. The Morgan fingerprint density at radius 3 is 1.64 bits per heavy atom. The zero-order chi connectivity index (χ0) is 18.1. The van der Waals surface area contributed by atoms with Gasteiger partial charge in [0.2, 0.25) is 0 Å². The van der Waals surface area contributed by atoms with E-state index < -0.39 is 39.4 Å². The van der Waals surface area contributed by atoms with Crippen molar-refractivity contribution in [2.45, 2.75) is 12.1 Å². The highest BCUT2D eigenvalue weighted by molar-refractivity contribution is 6.26. The van der Waals surface area contributed by atoms with Crippen LogP contribution < -0.4 is 0 Å². The van der Waals surface area contributed by atoms with E-state index in [4.69, 9.17) is 0 Å². The van der Waals surface area contributed by atoms with Crippen LogP contribution in [0.25, 0.3) is 0 Å². The molecule has 0 bridgehead atoms. The molecule has 1 unspecified atom stereocenters. The van der Waals surface area contributed by atoms with Crippen molar-refractivity contribution in [3.8, 4) is 0 Å². The van der Waals surface area contributed by atoms with Crippen molar-refractivity contribution in [3.05, 3.63) is 91.5 Å². The average molecular weight is 340 g/mol. The lowest BCUT2D eigenvalue weighted by Crippen LogP contribution is -2.42. The fraction of sp³-hybridized carbons (Fsp3) is 0.176. The molecule has 0 N–H and O–H groups in total. The van der Waals surface area contributed by atoms with Gasteiger partial charge in [-0.15, -0.1) is 0 Å². The Morgan fingerprint density at radius 2 is 1.20 bits per heavy atom. The Morgan fingerprint density at radius 1 is 0.760 bits per heavy atom. The molecule has 0 amide bonds. The molecule has 25 heavy (non-hydrogen) atoms. The van der Waals surface area contributed by atoms with E-state index in [1.165, 1.54) is 24.3 Å². The summed E-state index contributed by atoms with van der Waals surface area (Å²) in [4.78, 5) is 46.0. The molecule has 126 valence electrons. The van der Waals surface area contributed by atoms with E-state index in [0.717, 1.165) is 0 Å². The van der Waals surface area contributed by atoms with E-state index in [0.29, 0.717) is 0 Å². The molecule has 0 fully saturated rings. The molecule has 0 heterocycles. The molecule has 0 spiro atoms. The third kappa shape index (κ3) is 2.67. The highest BCUT2D eigenvalue weighted by atomic mass is 16.7. The molecule has 2 aromatic rings. The molecule has 2 aromatic carbocycles. The SMILES string of the molecule is O=C1c2ccccc2C(=O)C1C(c1ccccc1)C([N+](=O)[O-])[N+](=O)[O-]. The van der Waals surface area contributed by atoms with Crippen LogP contribution in [0.4, 0.5) is 0 Å². The minimum Gasteiger partial charge on any atom is -0.293 e. The topological polar surface area (TPSA) is 120 Å². The smallest absolute Gasteiger partial charge is 0.293 e. The number of fused-ring (bicyclic) bond motifs is 1. The average Bonchev–Trinajstić information content (AvgIpc) is 2.84. The van der Waals surface area contributed by atoms with Gasteiger partial charge < -0.3 is 0 Å². The number of ketones is 2. The second kappa shape index (κ2) is 6.23. The number of benzene rings is 2. The summed E-state index contributed by atoms with van der Waals surface area (Å²) in [6, 6.07) is 13.7. The second-order valence-electron chi connectivity index (χ2n) is 5.67. The minimum atomic E-state index is -2.30. The van der Waals surface area contributed by atoms with Gasteiger partial charge in [-0.25, -0.2) is 0 Å². The van der Waals surface area contributed by atoms with Crippen molar-refractivity contribution in [1.82, 2.24) is 0 Å². The normalized spacial score (nSPS) is 15.2. The fourth-order valence-electron chi connectivity index (χ4n) is 3.24. The Balaban J connectivity index is 2.17. The first kappa shape index (κ1) is 16.4. The number of carbonyl (C=O) groups is 2. The quantitative estimate of drug-likeness (QED) is 0.356. The van der Waals surface area contributed by atoms with Crippen molar-refractivity contribution < 1.29 is 19.4 Å². The van der Waals surface area contributed by atoms with Crippen LogP contribution in [-0.4, -0.2) is 27.6 Å². The summed E-state index contributed by atoms with van der Waals surface area (Å²) in [6.07, 6.45) is -2.30. The Hall–Kier alpha value is -3.42. The van der Waals surface area contributed by atoms with Gasteiger partial charge in [0, 0.05) is 11.1 Å². The van der Waals surface area contributed by atoms with Crippen LogP contribution in [0.2, 0.25) is 0 Å². The van der Waals surface area contributed by atoms with Gasteiger partial charge in [0.25, 0.3) is 0 Å². The van der Waals surface area contributed by atoms with Gasteiger partial charge in [0.15, 0.2) is 11.6 Å². The van der Waals surface area contributed by atoms with Crippen LogP contribution in [0.15, 0.2) is 54.6 Å². The summed E-state index contributed by atoms with van der Waals surface area (Å²) in [5.41, 5.74) is 0.494. The van der Waals surface area contributed by atoms with Crippen LogP contribution in [0.3, 0.4) is 0 Å². The van der Waals surface area contributed by atoms with E-state index in [-0.39, 0.29) is 16.7 Å². The first-order chi connectivity index (χ1) is 11.9. The predicted octanol–water partition coefficient (Wildman–Crippen LogP) is 2.35. The molecule has 0 saturated carbocycles. The molecule has 3 rings (SSSR count). The fourth-order valence-corrected chi connectivity index (χ4v) is 3.24. The van der Waals surface area contributed by atoms with Crippen LogP contribution in [0, 0.1) is 26.1 Å². The number of carbonyl (C=O) groups excluding carboxylic acids is 2. The molecule has 0 aromatic heterocycles. The molecule has 0 saturated heterocycles. The largest absolute Gasteiger partial charge is 0.458 e. The molecule has 1 aliphatic rings. The zero-order valence-corrected chi connectivity index (χ0v) is 12.8. The first-order valence-corrected chi connectivity index (χ1v) is 7.43. The molecule has 8 nitrogen and oxygen atoms in total. The number of hydrogen-bond acceptors (Lipinski definition) is 6. The Labute approximate surface area is 141 Å². The van der Waals surface area contributed by atoms with E-state index in [1.807, 2.05) is 0 Å². The van der Waals surface area contributed by atoms with Crippen LogP contribution in [-0.2, 0) is 0 Å². The lowest BCUT2D eigenvalue weighted by molar-refractivity contribution is -0.746. The van der Waals surface area contributed by atoms with E-state index in [2.05, 4.69) is 0 Å². The number of hydrogen-bond donors (Lipinski definition) is 0. The molecule has 8 heteroatoms. The number of nitro groups is 2. The molecular weight excluding hydrogens is 328 g/mol. The highest BCUT2D eigenvalue weighted by Gasteiger charge is 2.55. The second-order valence-corrected chi connectivity index (χ2v) is 5.67. The minimum absolute atomic E-state index is 0.142. The lowest BCUT2D eigenvalue weighted by Gasteiger charge is -2.20. The highest BCUT2D eigenvalue weighted by Crippen LogP contribution is 2.39. The van der Waals surface area contributed by atoms with E-state index in [9.17, 15) is 29.8 Å². The molecule has 0 radical (unpaired) electrons. The monoisotopic (exact) mass is 340 g/mol.